The quantitative estimate of drug-likeness (QED) is 0.685. The zero-order valence-corrected chi connectivity index (χ0v) is 11.0. The molecule has 5 heteroatoms. The van der Waals surface area contributed by atoms with E-state index in [2.05, 4.69) is 31.2 Å². The Morgan fingerprint density at radius 1 is 1.53 bits per heavy atom. The van der Waals surface area contributed by atoms with Gasteiger partial charge in [-0.2, -0.15) is 0 Å². The van der Waals surface area contributed by atoms with Crippen molar-refractivity contribution in [2.45, 2.75) is 44.4 Å². The van der Waals surface area contributed by atoms with E-state index in [1.165, 1.54) is 0 Å². The molecule has 0 amide bonds. The Kier molecular flexibility index (Phi) is 5.88. The maximum Gasteiger partial charge on any atom is 0.332 e. The highest BCUT2D eigenvalue weighted by atomic mass is 16.5. The van der Waals surface area contributed by atoms with Crippen LogP contribution in [0.1, 0.15) is 26.2 Å². The van der Waals surface area contributed by atoms with Crippen LogP contribution in [0, 0.1) is 0 Å². The molecule has 0 radical (unpaired) electrons. The number of carboxylic acid groups (broad SMARTS) is 1. The minimum atomic E-state index is -0.840. The van der Waals surface area contributed by atoms with Gasteiger partial charge in [-0.3, -0.25) is 0 Å². The molecule has 0 bridgehead atoms. The van der Waals surface area contributed by atoms with Gasteiger partial charge in [0.15, 0.2) is 6.10 Å². The van der Waals surface area contributed by atoms with Crippen molar-refractivity contribution in [2.75, 3.05) is 27.2 Å². The fourth-order valence-corrected chi connectivity index (χ4v) is 1.92. The third-order valence-corrected chi connectivity index (χ3v) is 3.09. The second-order valence-corrected chi connectivity index (χ2v) is 5.06. The summed E-state index contributed by atoms with van der Waals surface area (Å²) in [6.45, 7) is 3.95. The normalized spacial score (nSPS) is 26.4. The molecule has 0 aromatic rings. The summed E-state index contributed by atoms with van der Waals surface area (Å²) in [5, 5.41) is 12.2. The van der Waals surface area contributed by atoms with Gasteiger partial charge in [0.25, 0.3) is 0 Å². The molecule has 3 atom stereocenters. The van der Waals surface area contributed by atoms with E-state index in [0.717, 1.165) is 25.9 Å². The fraction of sp³-hybridized carbons (Fsp3) is 0.917. The highest BCUT2D eigenvalue weighted by molar-refractivity contribution is 5.72. The smallest absolute Gasteiger partial charge is 0.332 e. The number of nitrogens with zero attached hydrogens (tertiary/aromatic N) is 1. The van der Waals surface area contributed by atoms with Crippen molar-refractivity contribution >= 4 is 5.97 Å². The molecule has 1 fully saturated rings. The van der Waals surface area contributed by atoms with Gasteiger partial charge in [0.2, 0.25) is 0 Å². The first kappa shape index (κ1) is 14.4. The average molecular weight is 244 g/mol. The highest BCUT2D eigenvalue weighted by Gasteiger charge is 2.30. The maximum absolute atomic E-state index is 10.7. The number of carbonyl (C=O) groups is 1. The van der Waals surface area contributed by atoms with Crippen LogP contribution in [0.4, 0.5) is 0 Å². The predicted molar refractivity (Wildman–Crippen MR) is 66.2 cm³/mol. The van der Waals surface area contributed by atoms with Gasteiger partial charge in [-0.1, -0.05) is 0 Å². The van der Waals surface area contributed by atoms with Crippen LogP contribution in [-0.4, -0.2) is 61.4 Å². The van der Waals surface area contributed by atoms with E-state index in [1.54, 1.807) is 0 Å². The van der Waals surface area contributed by atoms with Gasteiger partial charge in [-0.15, -0.1) is 0 Å². The zero-order chi connectivity index (χ0) is 12.8. The largest absolute Gasteiger partial charge is 0.479 e. The Bertz CT molecular complexity index is 246. The van der Waals surface area contributed by atoms with E-state index in [9.17, 15) is 4.79 Å². The lowest BCUT2D eigenvalue weighted by Crippen LogP contribution is -2.36. The number of ether oxygens (including phenoxy) is 1. The molecule has 0 aliphatic carbocycles. The summed E-state index contributed by atoms with van der Waals surface area (Å²) in [7, 11) is 4.12. The number of hydrogen-bond donors (Lipinski definition) is 2. The highest BCUT2D eigenvalue weighted by Crippen LogP contribution is 2.19. The zero-order valence-electron chi connectivity index (χ0n) is 11.0. The topological polar surface area (TPSA) is 61.8 Å². The molecule has 1 aliphatic rings. The van der Waals surface area contributed by atoms with Crippen molar-refractivity contribution < 1.29 is 14.6 Å². The standard InChI is InChI=1S/C12H24N2O3/c1-9(6-7-14(2)3)13-8-10-4-5-11(17-10)12(15)16/h9-11,13H,4-8H2,1-3H3,(H,15,16). The third-order valence-electron chi connectivity index (χ3n) is 3.09. The first-order valence-corrected chi connectivity index (χ1v) is 6.25. The lowest BCUT2D eigenvalue weighted by molar-refractivity contribution is -0.149. The molecular formula is C12H24N2O3. The molecule has 1 heterocycles. The summed E-state index contributed by atoms with van der Waals surface area (Å²) >= 11 is 0. The van der Waals surface area contributed by atoms with Crippen molar-refractivity contribution in [3.8, 4) is 0 Å². The molecule has 0 aromatic heterocycles. The molecule has 5 nitrogen and oxygen atoms in total. The third kappa shape index (κ3) is 5.48. The van der Waals surface area contributed by atoms with Crippen LogP contribution in [0.5, 0.6) is 0 Å². The van der Waals surface area contributed by atoms with E-state index in [0.29, 0.717) is 12.5 Å². The lowest BCUT2D eigenvalue weighted by Gasteiger charge is -2.19. The Morgan fingerprint density at radius 2 is 2.24 bits per heavy atom. The molecule has 0 aromatic carbocycles. The van der Waals surface area contributed by atoms with E-state index < -0.39 is 12.1 Å². The first-order chi connectivity index (χ1) is 7.99. The van der Waals surface area contributed by atoms with Gasteiger partial charge in [0, 0.05) is 12.6 Å². The summed E-state index contributed by atoms with van der Waals surface area (Å²) < 4.78 is 5.43. The van der Waals surface area contributed by atoms with Crippen LogP contribution >= 0.6 is 0 Å². The fourth-order valence-electron chi connectivity index (χ4n) is 1.92. The van der Waals surface area contributed by atoms with Crippen LogP contribution in [-0.2, 0) is 9.53 Å². The van der Waals surface area contributed by atoms with Crippen molar-refractivity contribution in [1.82, 2.24) is 10.2 Å². The van der Waals surface area contributed by atoms with Crippen LogP contribution in [0.3, 0.4) is 0 Å². The van der Waals surface area contributed by atoms with Gasteiger partial charge >= 0.3 is 5.97 Å². The monoisotopic (exact) mass is 244 g/mol. The van der Waals surface area contributed by atoms with E-state index >= 15 is 0 Å². The van der Waals surface area contributed by atoms with E-state index in [-0.39, 0.29) is 6.10 Å². The van der Waals surface area contributed by atoms with Gasteiger partial charge in [0.05, 0.1) is 6.10 Å². The number of hydrogen-bond acceptors (Lipinski definition) is 4. The summed E-state index contributed by atoms with van der Waals surface area (Å²) in [5.41, 5.74) is 0. The van der Waals surface area contributed by atoms with Crippen molar-refractivity contribution in [2.24, 2.45) is 0 Å². The van der Waals surface area contributed by atoms with Crippen molar-refractivity contribution in [1.29, 1.82) is 0 Å². The number of nitrogens with one attached hydrogen (secondary N) is 1. The Balaban J connectivity index is 2.12. The van der Waals surface area contributed by atoms with Gasteiger partial charge in [0.1, 0.15) is 0 Å². The minimum Gasteiger partial charge on any atom is -0.479 e. The molecule has 1 aliphatic heterocycles. The second-order valence-electron chi connectivity index (χ2n) is 5.06. The molecule has 3 unspecified atom stereocenters. The molecule has 100 valence electrons. The van der Waals surface area contributed by atoms with E-state index in [4.69, 9.17) is 9.84 Å². The minimum absolute atomic E-state index is 0.0536. The number of rotatable bonds is 7. The molecule has 0 saturated carbocycles. The van der Waals surface area contributed by atoms with Crippen LogP contribution in [0.2, 0.25) is 0 Å². The van der Waals surface area contributed by atoms with Crippen LogP contribution in [0.25, 0.3) is 0 Å². The van der Waals surface area contributed by atoms with Crippen molar-refractivity contribution in [3.05, 3.63) is 0 Å². The average Bonchev–Trinajstić information content (AvgIpc) is 2.72. The van der Waals surface area contributed by atoms with Gasteiger partial charge < -0.3 is 20.1 Å². The molecule has 1 saturated heterocycles. The van der Waals surface area contributed by atoms with Crippen LogP contribution < -0.4 is 5.32 Å². The molecule has 2 N–H and O–H groups in total. The predicted octanol–water partition coefficient (Wildman–Crippen LogP) is 0.548. The summed E-state index contributed by atoms with van der Waals surface area (Å²) in [5.74, 6) is -0.840. The Hall–Kier alpha value is -0.650. The van der Waals surface area contributed by atoms with Crippen LogP contribution in [0.15, 0.2) is 0 Å². The molecular weight excluding hydrogens is 220 g/mol. The van der Waals surface area contributed by atoms with Gasteiger partial charge in [-0.25, -0.2) is 4.79 Å². The summed E-state index contributed by atoms with van der Waals surface area (Å²) in [4.78, 5) is 12.9. The SMILES string of the molecule is CC(CCN(C)C)NCC1CCC(C(=O)O)O1. The van der Waals surface area contributed by atoms with Crippen molar-refractivity contribution in [3.63, 3.8) is 0 Å². The molecule has 1 rings (SSSR count). The second kappa shape index (κ2) is 6.93. The molecule has 17 heavy (non-hydrogen) atoms. The summed E-state index contributed by atoms with van der Waals surface area (Å²) in [6.07, 6.45) is 2.01. The Morgan fingerprint density at radius 3 is 2.76 bits per heavy atom. The Labute approximate surface area is 103 Å². The maximum atomic E-state index is 10.7. The molecule has 0 spiro atoms. The summed E-state index contributed by atoms with van der Waals surface area (Å²) in [6, 6.07) is 0.435. The van der Waals surface area contributed by atoms with Gasteiger partial charge in [-0.05, 0) is 46.8 Å². The number of aliphatic carboxylic acids is 1. The number of carboxylic acids is 1. The van der Waals surface area contributed by atoms with E-state index in [1.807, 2.05) is 0 Å². The lowest BCUT2D eigenvalue weighted by atomic mass is 10.1. The first-order valence-electron chi connectivity index (χ1n) is 6.25.